The third-order valence-electron chi connectivity index (χ3n) is 0.771. The highest BCUT2D eigenvalue weighted by Gasteiger charge is 1.71. The van der Waals surface area contributed by atoms with Crippen LogP contribution in [0.4, 0.5) is 0 Å². The van der Waals surface area contributed by atoms with Gasteiger partial charge in [0.05, 0.1) is 0 Å². The summed E-state index contributed by atoms with van der Waals surface area (Å²) in [4.78, 5) is 0. The van der Waals surface area contributed by atoms with Crippen LogP contribution in [0, 0.1) is 0 Å². The van der Waals surface area contributed by atoms with Crippen molar-refractivity contribution < 1.29 is 5.11 Å². The quantitative estimate of drug-likeness (QED) is 0.318. The van der Waals surface area contributed by atoms with Gasteiger partial charge in [-0.05, 0) is 6.42 Å². The van der Waals surface area contributed by atoms with Crippen LogP contribution in [0.25, 0.3) is 0 Å². The first-order chi connectivity index (χ1) is 3.91. The van der Waals surface area contributed by atoms with Crippen molar-refractivity contribution in [3.63, 3.8) is 0 Å². The number of rotatable bonds is 4. The van der Waals surface area contributed by atoms with Crippen molar-refractivity contribution in [1.82, 2.24) is 0 Å². The molecule has 1 nitrogen and oxygen atoms in total. The molecule has 0 aromatic carbocycles. The fourth-order valence-corrected chi connectivity index (χ4v) is 0.508. The van der Waals surface area contributed by atoms with Crippen LogP contribution < -0.4 is 5.11 Å². The van der Waals surface area contributed by atoms with E-state index in [9.17, 15) is 5.11 Å². The normalized spacial score (nSPS) is 10.8. The van der Waals surface area contributed by atoms with Gasteiger partial charge in [-0.25, -0.2) is 0 Å². The van der Waals surface area contributed by atoms with E-state index in [2.05, 4.69) is 0 Å². The Morgan fingerprint density at radius 1 is 1.38 bits per heavy atom. The van der Waals surface area contributed by atoms with Gasteiger partial charge in [0.2, 0.25) is 0 Å². The summed E-state index contributed by atoms with van der Waals surface area (Å²) in [5, 5.41) is 9.83. The molecule has 48 valence electrons. The molecule has 8 heavy (non-hydrogen) atoms. The van der Waals surface area contributed by atoms with Crippen LogP contribution in [0.2, 0.25) is 0 Å². The molecule has 0 spiro atoms. The average molecular weight is 134 g/mol. The maximum atomic E-state index is 9.83. The third-order valence-corrected chi connectivity index (χ3v) is 0.949. The van der Waals surface area contributed by atoms with Crippen LogP contribution in [0.1, 0.15) is 12.8 Å². The van der Waals surface area contributed by atoms with E-state index in [0.29, 0.717) is 5.88 Å². The number of hydrogen-bond acceptors (Lipinski definition) is 1. The average Bonchev–Trinajstić information content (AvgIpc) is 1.81. The zero-order chi connectivity index (χ0) is 6.24. The topological polar surface area (TPSA) is 23.1 Å². The van der Waals surface area contributed by atoms with Crippen LogP contribution in [0.5, 0.6) is 0 Å². The van der Waals surface area contributed by atoms with E-state index in [1.807, 2.05) is 12.2 Å². The van der Waals surface area contributed by atoms with E-state index in [4.69, 9.17) is 11.6 Å². The van der Waals surface area contributed by atoms with Gasteiger partial charge in [0, 0.05) is 5.88 Å². The first-order valence-electron chi connectivity index (χ1n) is 2.71. The second kappa shape index (κ2) is 6.99. The largest absolute Gasteiger partial charge is 0.854 e. The lowest BCUT2D eigenvalue weighted by Gasteiger charge is -1.96. The molecule has 0 amide bonds. The van der Waals surface area contributed by atoms with E-state index in [0.717, 1.165) is 12.8 Å². The molecular weight excluding hydrogens is 124 g/mol. The van der Waals surface area contributed by atoms with Gasteiger partial charge >= 0.3 is 0 Å². The number of alkyl halides is 1. The third kappa shape index (κ3) is 5.99. The highest BCUT2D eigenvalue weighted by atomic mass is 35.5. The maximum Gasteiger partial charge on any atom is 0.0404 e. The Labute approximate surface area is 55.0 Å². The van der Waals surface area contributed by atoms with Gasteiger partial charge in [0.15, 0.2) is 0 Å². The smallest absolute Gasteiger partial charge is 0.0404 e. The molecule has 0 fully saturated rings. The molecular formula is C6H10ClO-. The molecule has 0 saturated carbocycles. The molecule has 0 aliphatic heterocycles. The summed E-state index contributed by atoms with van der Waals surface area (Å²) in [5.74, 6) is 0.554. The van der Waals surface area contributed by atoms with Crippen molar-refractivity contribution in [2.24, 2.45) is 0 Å². The van der Waals surface area contributed by atoms with E-state index in [1.165, 1.54) is 0 Å². The van der Waals surface area contributed by atoms with E-state index in [1.54, 1.807) is 0 Å². The Kier molecular flexibility index (Phi) is 6.98. The summed E-state index contributed by atoms with van der Waals surface area (Å²) in [5.41, 5.74) is 0. The highest BCUT2D eigenvalue weighted by Crippen LogP contribution is 1.88. The van der Waals surface area contributed by atoms with Crippen molar-refractivity contribution in [2.45, 2.75) is 12.8 Å². The first-order valence-corrected chi connectivity index (χ1v) is 3.24. The SMILES string of the molecule is [O-]CCC/C=C\CCl. The summed E-state index contributed by atoms with van der Waals surface area (Å²) in [6.45, 7) is 0.0205. The minimum absolute atomic E-state index is 0.0205. The number of unbranched alkanes of at least 4 members (excludes halogenated alkanes) is 1. The molecule has 0 unspecified atom stereocenters. The highest BCUT2D eigenvalue weighted by molar-refractivity contribution is 6.18. The van der Waals surface area contributed by atoms with Crippen molar-refractivity contribution in [3.05, 3.63) is 12.2 Å². The summed E-state index contributed by atoms with van der Waals surface area (Å²) in [7, 11) is 0. The Morgan fingerprint density at radius 2 is 2.12 bits per heavy atom. The lowest BCUT2D eigenvalue weighted by molar-refractivity contribution is -0.368. The molecule has 0 aromatic rings. The zero-order valence-electron chi connectivity index (χ0n) is 4.77. The van der Waals surface area contributed by atoms with Gasteiger partial charge in [0.1, 0.15) is 0 Å². The number of halogens is 1. The van der Waals surface area contributed by atoms with Gasteiger partial charge < -0.3 is 5.11 Å². The Bertz CT molecular complexity index is 61.5. The summed E-state index contributed by atoms with van der Waals surface area (Å²) >= 11 is 5.32. The fourth-order valence-electron chi connectivity index (χ4n) is 0.382. The summed E-state index contributed by atoms with van der Waals surface area (Å²) in [6, 6.07) is 0. The lowest BCUT2D eigenvalue weighted by atomic mass is 10.3. The van der Waals surface area contributed by atoms with Gasteiger partial charge in [-0.1, -0.05) is 18.6 Å². The zero-order valence-corrected chi connectivity index (χ0v) is 5.53. The first kappa shape index (κ1) is 7.99. The molecule has 0 radical (unpaired) electrons. The predicted octanol–water partition coefficient (Wildman–Crippen LogP) is 0.922. The summed E-state index contributed by atoms with van der Waals surface area (Å²) in [6.07, 6.45) is 5.39. The van der Waals surface area contributed by atoms with Gasteiger partial charge in [0.25, 0.3) is 0 Å². The molecule has 2 heteroatoms. The monoisotopic (exact) mass is 133 g/mol. The van der Waals surface area contributed by atoms with Crippen LogP contribution in [0.15, 0.2) is 12.2 Å². The fraction of sp³-hybridized carbons (Fsp3) is 0.667. The molecule has 0 atom stereocenters. The van der Waals surface area contributed by atoms with Gasteiger partial charge in [-0.3, -0.25) is 0 Å². The second-order valence-corrected chi connectivity index (χ2v) is 1.78. The van der Waals surface area contributed by atoms with Crippen molar-refractivity contribution in [2.75, 3.05) is 12.5 Å². The molecule has 0 rings (SSSR count). The molecule has 0 aliphatic rings. The van der Waals surface area contributed by atoms with Crippen LogP contribution in [0.3, 0.4) is 0 Å². The van der Waals surface area contributed by atoms with Crippen LogP contribution in [-0.2, 0) is 0 Å². The van der Waals surface area contributed by atoms with Crippen LogP contribution in [-0.4, -0.2) is 12.5 Å². The Hall–Kier alpha value is -0.0100. The lowest BCUT2D eigenvalue weighted by Crippen LogP contribution is -2.03. The molecule has 0 saturated heterocycles. The van der Waals surface area contributed by atoms with Gasteiger partial charge in [-0.2, -0.15) is 0 Å². The number of hydrogen-bond donors (Lipinski definition) is 0. The van der Waals surface area contributed by atoms with E-state index < -0.39 is 0 Å². The maximum absolute atomic E-state index is 9.83. The van der Waals surface area contributed by atoms with Crippen molar-refractivity contribution in [3.8, 4) is 0 Å². The molecule has 0 aliphatic carbocycles. The second-order valence-electron chi connectivity index (χ2n) is 1.47. The molecule has 0 bridgehead atoms. The predicted molar refractivity (Wildman–Crippen MR) is 34.0 cm³/mol. The molecule has 0 heterocycles. The Morgan fingerprint density at radius 3 is 2.62 bits per heavy atom. The minimum Gasteiger partial charge on any atom is -0.854 e. The number of allylic oxidation sites excluding steroid dienone is 2. The van der Waals surface area contributed by atoms with Crippen molar-refractivity contribution >= 4 is 11.6 Å². The van der Waals surface area contributed by atoms with Gasteiger partial charge in [-0.15, -0.1) is 18.2 Å². The molecule has 0 N–H and O–H groups in total. The molecule has 0 aromatic heterocycles. The summed E-state index contributed by atoms with van der Waals surface area (Å²) < 4.78 is 0. The van der Waals surface area contributed by atoms with E-state index in [-0.39, 0.29) is 6.61 Å². The van der Waals surface area contributed by atoms with E-state index >= 15 is 0 Å². The van der Waals surface area contributed by atoms with Crippen LogP contribution >= 0.6 is 11.6 Å². The standard InChI is InChI=1S/C6H10ClO/c7-5-3-1-2-4-6-8/h1,3H,2,4-6H2/q-1/b3-1-. The minimum atomic E-state index is 0.0205. The Balaban J connectivity index is 2.80. The van der Waals surface area contributed by atoms with Crippen molar-refractivity contribution in [1.29, 1.82) is 0 Å².